The van der Waals surface area contributed by atoms with Crippen LogP contribution >= 0.6 is 0 Å². The largest absolute Gasteiger partial charge is 0.494 e. The van der Waals surface area contributed by atoms with Crippen LogP contribution in [0.5, 0.6) is 5.75 Å². The molecule has 0 fully saturated rings. The van der Waals surface area contributed by atoms with E-state index in [9.17, 15) is 0 Å². The molecule has 0 saturated heterocycles. The molecule has 0 unspecified atom stereocenters. The first kappa shape index (κ1) is 17.1. The van der Waals surface area contributed by atoms with Crippen LogP contribution in [-0.4, -0.2) is 6.61 Å². The number of ether oxygens (including phenoxy) is 1. The van der Waals surface area contributed by atoms with E-state index < -0.39 is 0 Å². The maximum Gasteiger partial charge on any atom is 0.119 e. The lowest BCUT2D eigenvalue weighted by Crippen LogP contribution is -1.96. The van der Waals surface area contributed by atoms with Crippen molar-refractivity contribution in [1.82, 2.24) is 0 Å². The first-order valence-electron chi connectivity index (χ1n) is 7.75. The Labute approximate surface area is 127 Å². The molecule has 0 amide bonds. The fourth-order valence-corrected chi connectivity index (χ4v) is 2.13. The Morgan fingerprint density at radius 3 is 2.24 bits per heavy atom. The molecule has 0 N–H and O–H groups in total. The molecule has 0 bridgehead atoms. The smallest absolute Gasteiger partial charge is 0.119 e. The van der Waals surface area contributed by atoms with Gasteiger partial charge in [-0.15, -0.1) is 6.58 Å². The minimum absolute atomic E-state index is 0.612. The highest BCUT2D eigenvalue weighted by atomic mass is 16.5. The van der Waals surface area contributed by atoms with Gasteiger partial charge < -0.3 is 4.74 Å². The van der Waals surface area contributed by atoms with Gasteiger partial charge in [0.15, 0.2) is 0 Å². The molecule has 0 aliphatic rings. The Morgan fingerprint density at radius 1 is 1.00 bits per heavy atom. The lowest BCUT2D eigenvalue weighted by atomic mass is 10.1. The number of azide groups is 1. The number of hydrogen-bond donors (Lipinski definition) is 0. The molecule has 0 saturated carbocycles. The van der Waals surface area contributed by atoms with Crippen molar-refractivity contribution in [1.29, 1.82) is 0 Å². The molecule has 1 rings (SSSR count). The van der Waals surface area contributed by atoms with Crippen molar-refractivity contribution in [3.8, 4) is 5.75 Å². The molecule has 0 spiro atoms. The van der Waals surface area contributed by atoms with E-state index in [0.29, 0.717) is 5.69 Å². The molecule has 0 atom stereocenters. The Kier molecular flexibility index (Phi) is 9.67. The lowest BCUT2D eigenvalue weighted by Gasteiger charge is -2.06. The molecule has 4 heteroatoms. The summed E-state index contributed by atoms with van der Waals surface area (Å²) in [4.78, 5) is 2.74. The standard InChI is InChI=1S/C17H25N3O/c1-2-3-4-5-6-7-8-9-10-15-21-17-13-11-16(12-14-17)19-20-18/h2,11-14H,1,3-10,15H2. The van der Waals surface area contributed by atoms with Gasteiger partial charge >= 0.3 is 0 Å². The third-order valence-corrected chi connectivity index (χ3v) is 3.32. The highest BCUT2D eigenvalue weighted by Gasteiger charge is 1.95. The summed E-state index contributed by atoms with van der Waals surface area (Å²) < 4.78 is 5.65. The zero-order chi connectivity index (χ0) is 15.2. The van der Waals surface area contributed by atoms with Crippen LogP contribution < -0.4 is 4.74 Å². The molecule has 0 aliphatic heterocycles. The topological polar surface area (TPSA) is 58.0 Å². The fraction of sp³-hybridized carbons (Fsp3) is 0.529. The van der Waals surface area contributed by atoms with Crippen molar-refractivity contribution in [2.24, 2.45) is 5.11 Å². The number of unbranched alkanes of at least 4 members (excludes halogenated alkanes) is 7. The summed E-state index contributed by atoms with van der Waals surface area (Å²) in [7, 11) is 0. The Hall–Kier alpha value is -1.93. The van der Waals surface area contributed by atoms with E-state index in [1.54, 1.807) is 12.1 Å². The second-order valence-corrected chi connectivity index (χ2v) is 5.08. The predicted molar refractivity (Wildman–Crippen MR) is 87.9 cm³/mol. The van der Waals surface area contributed by atoms with Gasteiger partial charge in [0, 0.05) is 10.6 Å². The number of benzene rings is 1. The monoisotopic (exact) mass is 287 g/mol. The van der Waals surface area contributed by atoms with E-state index in [1.807, 2.05) is 18.2 Å². The molecule has 0 aliphatic carbocycles. The van der Waals surface area contributed by atoms with Crippen molar-refractivity contribution in [3.63, 3.8) is 0 Å². The van der Waals surface area contributed by atoms with Gasteiger partial charge in [-0.05, 0) is 49.1 Å². The minimum Gasteiger partial charge on any atom is -0.494 e. The van der Waals surface area contributed by atoms with Crippen LogP contribution in [-0.2, 0) is 0 Å². The maximum absolute atomic E-state index is 8.32. The van der Waals surface area contributed by atoms with Crippen LogP contribution in [0.4, 0.5) is 5.69 Å². The van der Waals surface area contributed by atoms with Crippen molar-refractivity contribution >= 4 is 5.69 Å². The van der Waals surface area contributed by atoms with Gasteiger partial charge in [-0.25, -0.2) is 0 Å². The van der Waals surface area contributed by atoms with Gasteiger partial charge in [-0.3, -0.25) is 0 Å². The normalized spacial score (nSPS) is 9.90. The summed E-state index contributed by atoms with van der Waals surface area (Å²) in [5.41, 5.74) is 8.93. The van der Waals surface area contributed by atoms with Crippen molar-refractivity contribution in [3.05, 3.63) is 47.4 Å². The molecule has 1 aromatic rings. The van der Waals surface area contributed by atoms with E-state index in [4.69, 9.17) is 10.3 Å². The Balaban J connectivity index is 1.98. The van der Waals surface area contributed by atoms with Gasteiger partial charge in [0.2, 0.25) is 0 Å². The molecule has 0 heterocycles. The molecular formula is C17H25N3O. The van der Waals surface area contributed by atoms with E-state index in [-0.39, 0.29) is 0 Å². The number of rotatable bonds is 12. The molecule has 1 aromatic carbocycles. The molecule has 0 aromatic heterocycles. The van der Waals surface area contributed by atoms with Crippen molar-refractivity contribution in [2.45, 2.75) is 51.4 Å². The zero-order valence-electron chi connectivity index (χ0n) is 12.7. The lowest BCUT2D eigenvalue weighted by molar-refractivity contribution is 0.304. The van der Waals surface area contributed by atoms with Crippen LogP contribution in [0.25, 0.3) is 10.4 Å². The average Bonchev–Trinajstić information content (AvgIpc) is 2.51. The third-order valence-electron chi connectivity index (χ3n) is 3.32. The number of hydrogen-bond acceptors (Lipinski definition) is 2. The summed E-state index contributed by atoms with van der Waals surface area (Å²) in [5.74, 6) is 0.830. The Bertz CT molecular complexity index is 436. The highest BCUT2D eigenvalue weighted by molar-refractivity contribution is 5.40. The third kappa shape index (κ3) is 8.77. The molecular weight excluding hydrogens is 262 g/mol. The maximum atomic E-state index is 8.32. The van der Waals surface area contributed by atoms with Gasteiger partial charge in [0.1, 0.15) is 5.75 Å². The average molecular weight is 287 g/mol. The van der Waals surface area contributed by atoms with E-state index in [0.717, 1.165) is 25.2 Å². The van der Waals surface area contributed by atoms with Crippen LogP contribution in [0.1, 0.15) is 51.4 Å². The first-order valence-corrected chi connectivity index (χ1v) is 7.75. The van der Waals surface area contributed by atoms with E-state index >= 15 is 0 Å². The summed E-state index contributed by atoms with van der Waals surface area (Å²) in [6, 6.07) is 7.20. The first-order chi connectivity index (χ1) is 10.4. The van der Waals surface area contributed by atoms with Crippen LogP contribution in [0.2, 0.25) is 0 Å². The van der Waals surface area contributed by atoms with E-state index in [1.165, 1.54) is 38.5 Å². The molecule has 114 valence electrons. The highest BCUT2D eigenvalue weighted by Crippen LogP contribution is 2.18. The summed E-state index contributed by atoms with van der Waals surface area (Å²) in [5, 5.41) is 3.52. The quantitative estimate of drug-likeness (QED) is 0.146. The second-order valence-electron chi connectivity index (χ2n) is 5.08. The minimum atomic E-state index is 0.612. The number of allylic oxidation sites excluding steroid dienone is 1. The fourth-order valence-electron chi connectivity index (χ4n) is 2.13. The second kappa shape index (κ2) is 11.9. The molecule has 21 heavy (non-hydrogen) atoms. The molecule has 4 nitrogen and oxygen atoms in total. The predicted octanol–water partition coefficient (Wildman–Crippen LogP) is 6.31. The van der Waals surface area contributed by atoms with Crippen LogP contribution in [0.3, 0.4) is 0 Å². The van der Waals surface area contributed by atoms with Crippen molar-refractivity contribution < 1.29 is 4.74 Å². The zero-order valence-corrected chi connectivity index (χ0v) is 12.7. The van der Waals surface area contributed by atoms with Gasteiger partial charge in [-0.1, -0.05) is 43.3 Å². The van der Waals surface area contributed by atoms with Crippen molar-refractivity contribution in [2.75, 3.05) is 6.61 Å². The summed E-state index contributed by atoms with van der Waals surface area (Å²) in [6.07, 6.45) is 12.0. The SMILES string of the molecule is C=CCCCCCCCCCOc1ccc(N=[N+]=[N-])cc1. The van der Waals surface area contributed by atoms with Crippen LogP contribution in [0.15, 0.2) is 42.0 Å². The van der Waals surface area contributed by atoms with Gasteiger partial charge in [0.05, 0.1) is 6.61 Å². The van der Waals surface area contributed by atoms with Gasteiger partial charge in [0.25, 0.3) is 0 Å². The van der Waals surface area contributed by atoms with Gasteiger partial charge in [-0.2, -0.15) is 0 Å². The summed E-state index contributed by atoms with van der Waals surface area (Å²) in [6.45, 7) is 4.48. The molecule has 0 radical (unpaired) electrons. The Morgan fingerprint density at radius 2 is 1.62 bits per heavy atom. The summed E-state index contributed by atoms with van der Waals surface area (Å²) >= 11 is 0. The van der Waals surface area contributed by atoms with Crippen LogP contribution in [0, 0.1) is 0 Å². The number of nitrogens with zero attached hydrogens (tertiary/aromatic N) is 3. The van der Waals surface area contributed by atoms with E-state index in [2.05, 4.69) is 16.6 Å².